The molecule has 0 aliphatic heterocycles. The highest BCUT2D eigenvalue weighted by Gasteiger charge is 2.18. The van der Waals surface area contributed by atoms with Crippen LogP contribution in [0.15, 0.2) is 11.1 Å². The van der Waals surface area contributed by atoms with E-state index in [1.165, 1.54) is 0 Å². The zero-order valence-electron chi connectivity index (χ0n) is 8.85. The molecule has 14 heavy (non-hydrogen) atoms. The molecule has 0 bridgehead atoms. The molecule has 0 aromatic carbocycles. The molecule has 0 saturated heterocycles. The van der Waals surface area contributed by atoms with Crippen LogP contribution in [0.5, 0.6) is 0 Å². The molecule has 0 fully saturated rings. The van der Waals surface area contributed by atoms with Gasteiger partial charge in [0.25, 0.3) is 0 Å². The first kappa shape index (κ1) is 11.0. The third-order valence-corrected chi connectivity index (χ3v) is 2.55. The predicted molar refractivity (Wildman–Crippen MR) is 54.9 cm³/mol. The fraction of sp³-hybridized carbons (Fsp3) is 0.636. The van der Waals surface area contributed by atoms with Gasteiger partial charge in [-0.1, -0.05) is 5.57 Å². The molecule has 0 aromatic rings. The third-order valence-electron chi connectivity index (χ3n) is 2.55. The minimum absolute atomic E-state index is 0.0130. The number of allylic oxidation sites excluding steroid dienone is 1. The van der Waals surface area contributed by atoms with Gasteiger partial charge in [-0.2, -0.15) is 0 Å². The van der Waals surface area contributed by atoms with Crippen molar-refractivity contribution in [3.8, 4) is 0 Å². The average Bonchev–Trinajstić information content (AvgIpc) is 2.16. The number of amides is 1. The van der Waals surface area contributed by atoms with Gasteiger partial charge in [-0.3, -0.25) is 9.59 Å². The van der Waals surface area contributed by atoms with Crippen LogP contribution in [0.1, 0.15) is 39.0 Å². The summed E-state index contributed by atoms with van der Waals surface area (Å²) in [6, 6.07) is 0. The number of nitrogens with one attached hydrogen (secondary N) is 1. The van der Waals surface area contributed by atoms with Gasteiger partial charge in [0.2, 0.25) is 5.91 Å². The smallest absolute Gasteiger partial charge is 0.246 e. The highest BCUT2D eigenvalue weighted by atomic mass is 16.1. The lowest BCUT2D eigenvalue weighted by molar-refractivity contribution is -0.117. The molecule has 0 unspecified atom stereocenters. The summed E-state index contributed by atoms with van der Waals surface area (Å²) in [4.78, 5) is 22.5. The van der Waals surface area contributed by atoms with E-state index < -0.39 is 0 Å². The number of hydrogen-bond donors (Lipinski definition) is 1. The van der Waals surface area contributed by atoms with Gasteiger partial charge in [0.15, 0.2) is 0 Å². The summed E-state index contributed by atoms with van der Waals surface area (Å²) in [5.74, 6) is 0.129. The second kappa shape index (κ2) is 4.94. The molecule has 1 aliphatic rings. The molecule has 0 saturated carbocycles. The molecular formula is C11H17NO2. The lowest BCUT2D eigenvalue weighted by Crippen LogP contribution is -2.23. The van der Waals surface area contributed by atoms with Gasteiger partial charge in [-0.15, -0.1) is 0 Å². The van der Waals surface area contributed by atoms with Crippen LogP contribution < -0.4 is 5.32 Å². The summed E-state index contributed by atoms with van der Waals surface area (Å²) in [5.41, 5.74) is 1.89. The predicted octanol–water partition coefficient (Wildman–Crippen LogP) is 1.58. The van der Waals surface area contributed by atoms with Crippen molar-refractivity contribution >= 4 is 11.7 Å². The second-order valence-corrected chi connectivity index (χ2v) is 3.75. The molecule has 0 heterocycles. The molecule has 0 radical (unpaired) electrons. The third kappa shape index (κ3) is 2.69. The van der Waals surface area contributed by atoms with E-state index in [2.05, 4.69) is 5.32 Å². The van der Waals surface area contributed by atoms with Gasteiger partial charge < -0.3 is 5.32 Å². The zero-order valence-corrected chi connectivity index (χ0v) is 8.85. The maximum absolute atomic E-state index is 11.5. The monoisotopic (exact) mass is 195 g/mol. The topological polar surface area (TPSA) is 46.2 Å². The number of carbonyl (C=O) groups is 2. The molecule has 1 amide bonds. The van der Waals surface area contributed by atoms with E-state index in [-0.39, 0.29) is 11.7 Å². The molecule has 3 nitrogen and oxygen atoms in total. The highest BCUT2D eigenvalue weighted by Crippen LogP contribution is 2.27. The molecule has 1 rings (SSSR count). The summed E-state index contributed by atoms with van der Waals surface area (Å²) >= 11 is 0. The Bertz CT molecular complexity index is 279. The molecule has 0 spiro atoms. The number of rotatable bonds is 3. The fourth-order valence-electron chi connectivity index (χ4n) is 1.89. The van der Waals surface area contributed by atoms with E-state index in [9.17, 15) is 9.59 Å². The lowest BCUT2D eigenvalue weighted by atomic mass is 9.88. The van der Waals surface area contributed by atoms with Crippen LogP contribution in [-0.4, -0.2) is 18.7 Å². The maximum Gasteiger partial charge on any atom is 0.246 e. The summed E-state index contributed by atoms with van der Waals surface area (Å²) in [7, 11) is 1.63. The van der Waals surface area contributed by atoms with Crippen LogP contribution >= 0.6 is 0 Å². The van der Waals surface area contributed by atoms with Crippen molar-refractivity contribution in [3.05, 3.63) is 11.1 Å². The Morgan fingerprint density at radius 3 is 2.50 bits per heavy atom. The fourth-order valence-corrected chi connectivity index (χ4v) is 1.89. The van der Waals surface area contributed by atoms with Crippen molar-refractivity contribution in [1.82, 2.24) is 5.32 Å². The molecule has 3 heteroatoms. The van der Waals surface area contributed by atoms with Crippen LogP contribution in [-0.2, 0) is 9.59 Å². The summed E-state index contributed by atoms with van der Waals surface area (Å²) in [6.45, 7) is 1.57. The standard InChI is InChI=1S/C11H17NO2/c1-8(13)7-9-5-3-4-6-10(9)11(14)12-2/h3-7H2,1-2H3,(H,12,14). The second-order valence-electron chi connectivity index (χ2n) is 3.75. The Morgan fingerprint density at radius 2 is 1.93 bits per heavy atom. The van der Waals surface area contributed by atoms with Gasteiger partial charge in [0.05, 0.1) is 0 Å². The minimum atomic E-state index is -0.0130. The number of hydrogen-bond acceptors (Lipinski definition) is 2. The summed E-state index contributed by atoms with van der Waals surface area (Å²) < 4.78 is 0. The van der Waals surface area contributed by atoms with E-state index in [1.807, 2.05) is 0 Å². The van der Waals surface area contributed by atoms with Crippen LogP contribution in [0.3, 0.4) is 0 Å². The highest BCUT2D eigenvalue weighted by molar-refractivity contribution is 5.95. The molecule has 0 aromatic heterocycles. The van der Waals surface area contributed by atoms with E-state index in [0.29, 0.717) is 6.42 Å². The van der Waals surface area contributed by atoms with Crippen molar-refractivity contribution < 1.29 is 9.59 Å². The van der Waals surface area contributed by atoms with Gasteiger partial charge >= 0.3 is 0 Å². The Kier molecular flexibility index (Phi) is 3.86. The van der Waals surface area contributed by atoms with Gasteiger partial charge in [0.1, 0.15) is 5.78 Å². The van der Waals surface area contributed by atoms with Crippen LogP contribution in [0.25, 0.3) is 0 Å². The lowest BCUT2D eigenvalue weighted by Gasteiger charge is -2.18. The maximum atomic E-state index is 11.5. The molecule has 78 valence electrons. The molecule has 1 N–H and O–H groups in total. The number of Topliss-reactive ketones (excluding diaryl/α,β-unsaturated/α-hetero) is 1. The van der Waals surface area contributed by atoms with Crippen molar-refractivity contribution in [2.45, 2.75) is 39.0 Å². The Labute approximate surface area is 84.6 Å². The largest absolute Gasteiger partial charge is 0.355 e. The Balaban J connectivity index is 2.84. The van der Waals surface area contributed by atoms with Gasteiger partial charge in [0, 0.05) is 19.0 Å². The number of ketones is 1. The zero-order chi connectivity index (χ0) is 10.6. The van der Waals surface area contributed by atoms with Gasteiger partial charge in [-0.25, -0.2) is 0 Å². The first-order chi connectivity index (χ1) is 6.65. The summed E-state index contributed by atoms with van der Waals surface area (Å²) in [5, 5.41) is 2.63. The van der Waals surface area contributed by atoms with E-state index in [1.54, 1.807) is 14.0 Å². The SMILES string of the molecule is CNC(=O)C1=C(CC(C)=O)CCCC1. The minimum Gasteiger partial charge on any atom is -0.355 e. The first-order valence-corrected chi connectivity index (χ1v) is 5.07. The van der Waals surface area contributed by atoms with Crippen LogP contribution in [0.2, 0.25) is 0 Å². The van der Waals surface area contributed by atoms with Gasteiger partial charge in [-0.05, 0) is 32.6 Å². The Hall–Kier alpha value is -1.12. The van der Waals surface area contributed by atoms with E-state index in [0.717, 1.165) is 36.8 Å². The van der Waals surface area contributed by atoms with Crippen molar-refractivity contribution in [1.29, 1.82) is 0 Å². The summed E-state index contributed by atoms with van der Waals surface area (Å²) in [6.07, 6.45) is 4.33. The quantitative estimate of drug-likeness (QED) is 0.743. The molecule has 0 atom stereocenters. The molecular weight excluding hydrogens is 178 g/mol. The van der Waals surface area contributed by atoms with E-state index >= 15 is 0 Å². The van der Waals surface area contributed by atoms with Crippen molar-refractivity contribution in [2.24, 2.45) is 0 Å². The van der Waals surface area contributed by atoms with Crippen LogP contribution in [0.4, 0.5) is 0 Å². The van der Waals surface area contributed by atoms with Crippen molar-refractivity contribution in [3.63, 3.8) is 0 Å². The normalized spacial score (nSPS) is 16.7. The molecule has 1 aliphatic carbocycles. The number of likely N-dealkylation sites (N-methyl/N-ethyl adjacent to an activating group) is 1. The number of carbonyl (C=O) groups excluding carboxylic acids is 2. The van der Waals surface area contributed by atoms with Crippen molar-refractivity contribution in [2.75, 3.05) is 7.05 Å². The average molecular weight is 195 g/mol. The van der Waals surface area contributed by atoms with Crippen LogP contribution in [0, 0.1) is 0 Å². The van der Waals surface area contributed by atoms with E-state index in [4.69, 9.17) is 0 Å². The first-order valence-electron chi connectivity index (χ1n) is 5.07. The Morgan fingerprint density at radius 1 is 1.29 bits per heavy atom.